The highest BCUT2D eigenvalue weighted by Crippen LogP contribution is 2.30. The van der Waals surface area contributed by atoms with Crippen LogP contribution in [0.1, 0.15) is 45.3 Å². The molecule has 2 rings (SSSR count). The number of piperidine rings is 1. The van der Waals surface area contributed by atoms with Gasteiger partial charge in [0.2, 0.25) is 0 Å². The quantitative estimate of drug-likeness (QED) is 0.857. The highest BCUT2D eigenvalue weighted by molar-refractivity contribution is 5.69. The molecule has 1 aromatic heterocycles. The second kappa shape index (κ2) is 5.63. The summed E-state index contributed by atoms with van der Waals surface area (Å²) in [4.78, 5) is 12.2. The van der Waals surface area contributed by atoms with Crippen LogP contribution in [0.25, 0.3) is 0 Å². The lowest BCUT2D eigenvalue weighted by atomic mass is 9.87. The molecule has 2 heterocycles. The second-order valence-electron chi connectivity index (χ2n) is 6.59. The molecule has 2 N–H and O–H groups in total. The van der Waals surface area contributed by atoms with Crippen LogP contribution in [0, 0.1) is 6.92 Å². The molecule has 0 radical (unpaired) electrons. The summed E-state index contributed by atoms with van der Waals surface area (Å²) in [5, 5.41) is 14.7. The van der Waals surface area contributed by atoms with Gasteiger partial charge in [-0.15, -0.1) is 10.2 Å². The fourth-order valence-electron chi connectivity index (χ4n) is 2.58. The summed E-state index contributed by atoms with van der Waals surface area (Å²) < 4.78 is 7.34. The summed E-state index contributed by atoms with van der Waals surface area (Å²) in [7, 11) is 1.92. The Morgan fingerprint density at radius 2 is 1.95 bits per heavy atom. The van der Waals surface area contributed by atoms with E-state index in [9.17, 15) is 4.79 Å². The zero-order valence-corrected chi connectivity index (χ0v) is 13.5. The minimum Gasteiger partial charge on any atom is -0.444 e. The molecule has 0 atom stereocenters. The maximum Gasteiger partial charge on any atom is 0.408 e. The number of rotatable bonds is 2. The molecule has 0 saturated carbocycles. The molecule has 1 amide bonds. The molecule has 0 aromatic carbocycles. The topological polar surface area (TPSA) is 81.1 Å². The smallest absolute Gasteiger partial charge is 0.408 e. The average Bonchev–Trinajstić information content (AvgIpc) is 2.69. The van der Waals surface area contributed by atoms with E-state index in [0.29, 0.717) is 0 Å². The Hall–Kier alpha value is -1.63. The van der Waals surface area contributed by atoms with E-state index >= 15 is 0 Å². The van der Waals surface area contributed by atoms with E-state index in [0.717, 1.165) is 37.6 Å². The lowest BCUT2D eigenvalue weighted by molar-refractivity contribution is 0.0416. The monoisotopic (exact) mass is 295 g/mol. The van der Waals surface area contributed by atoms with Crippen LogP contribution in [0.3, 0.4) is 0 Å². The minimum absolute atomic E-state index is 0.412. The van der Waals surface area contributed by atoms with Gasteiger partial charge in [-0.2, -0.15) is 0 Å². The molecule has 0 spiro atoms. The van der Waals surface area contributed by atoms with Crippen LogP contribution < -0.4 is 10.6 Å². The number of hydrogen-bond donors (Lipinski definition) is 2. The Kier molecular flexibility index (Phi) is 4.22. The standard InChI is InChI=1S/C14H25N5O2/c1-10-17-18-11(19(10)5)14(6-8-15-9-7-14)16-12(20)21-13(2,3)4/h15H,6-9H2,1-5H3,(H,16,20). The van der Waals surface area contributed by atoms with E-state index in [1.54, 1.807) is 0 Å². The number of hydrogen-bond acceptors (Lipinski definition) is 5. The largest absolute Gasteiger partial charge is 0.444 e. The molecule has 1 saturated heterocycles. The lowest BCUT2D eigenvalue weighted by Gasteiger charge is -2.37. The van der Waals surface area contributed by atoms with E-state index in [4.69, 9.17) is 4.74 Å². The Balaban J connectivity index is 2.26. The van der Waals surface area contributed by atoms with Gasteiger partial charge < -0.3 is 19.9 Å². The van der Waals surface area contributed by atoms with Crippen LogP contribution in [0.2, 0.25) is 0 Å². The summed E-state index contributed by atoms with van der Waals surface area (Å²) in [6, 6.07) is 0. The van der Waals surface area contributed by atoms with E-state index in [2.05, 4.69) is 20.8 Å². The molecule has 0 aliphatic carbocycles. The highest BCUT2D eigenvalue weighted by Gasteiger charge is 2.40. The van der Waals surface area contributed by atoms with Crippen LogP contribution in [-0.2, 0) is 17.3 Å². The Morgan fingerprint density at radius 3 is 2.43 bits per heavy atom. The molecular formula is C14H25N5O2. The molecule has 1 aliphatic heterocycles. The van der Waals surface area contributed by atoms with Gasteiger partial charge >= 0.3 is 6.09 Å². The van der Waals surface area contributed by atoms with Gasteiger partial charge in [0.05, 0.1) is 0 Å². The second-order valence-corrected chi connectivity index (χ2v) is 6.59. The van der Waals surface area contributed by atoms with Crippen molar-refractivity contribution in [3.8, 4) is 0 Å². The van der Waals surface area contributed by atoms with E-state index in [1.165, 1.54) is 0 Å². The molecule has 0 unspecified atom stereocenters. The number of ether oxygens (including phenoxy) is 1. The van der Waals surface area contributed by atoms with E-state index < -0.39 is 17.2 Å². The molecule has 118 valence electrons. The maximum atomic E-state index is 12.2. The summed E-state index contributed by atoms with van der Waals surface area (Å²) in [6.45, 7) is 9.11. The molecule has 1 aromatic rings. The normalized spacial score (nSPS) is 18.3. The number of nitrogens with one attached hydrogen (secondary N) is 2. The fourth-order valence-corrected chi connectivity index (χ4v) is 2.58. The molecule has 1 fully saturated rings. The number of aromatic nitrogens is 3. The van der Waals surface area contributed by atoms with Gasteiger partial charge in [0, 0.05) is 7.05 Å². The van der Waals surface area contributed by atoms with Crippen molar-refractivity contribution in [1.29, 1.82) is 0 Å². The summed E-state index contributed by atoms with van der Waals surface area (Å²) in [6.07, 6.45) is 1.11. The van der Waals surface area contributed by atoms with Crippen LogP contribution in [0.15, 0.2) is 0 Å². The molecule has 21 heavy (non-hydrogen) atoms. The first-order valence-electron chi connectivity index (χ1n) is 7.32. The Morgan fingerprint density at radius 1 is 1.33 bits per heavy atom. The number of aryl methyl sites for hydroxylation is 1. The van der Waals surface area contributed by atoms with E-state index in [-0.39, 0.29) is 0 Å². The summed E-state index contributed by atoms with van der Waals surface area (Å²) >= 11 is 0. The average molecular weight is 295 g/mol. The van der Waals surface area contributed by atoms with Crippen molar-refractivity contribution in [3.63, 3.8) is 0 Å². The van der Waals surface area contributed by atoms with Gasteiger partial charge in [-0.25, -0.2) is 4.79 Å². The van der Waals surface area contributed by atoms with Crippen molar-refractivity contribution in [3.05, 3.63) is 11.6 Å². The van der Waals surface area contributed by atoms with Gasteiger partial charge in [0.25, 0.3) is 0 Å². The van der Waals surface area contributed by atoms with Gasteiger partial charge in [0.1, 0.15) is 17.0 Å². The maximum absolute atomic E-state index is 12.2. The van der Waals surface area contributed by atoms with Crippen molar-refractivity contribution in [2.24, 2.45) is 7.05 Å². The predicted octanol–water partition coefficient (Wildman–Crippen LogP) is 1.23. The number of carbonyl (C=O) groups is 1. The van der Waals surface area contributed by atoms with Gasteiger partial charge in [-0.3, -0.25) is 0 Å². The molecule has 1 aliphatic rings. The first-order valence-corrected chi connectivity index (χ1v) is 7.32. The van der Waals surface area contributed by atoms with Crippen LogP contribution >= 0.6 is 0 Å². The molecule has 7 nitrogen and oxygen atoms in total. The number of alkyl carbamates (subject to hydrolysis) is 1. The Bertz CT molecular complexity index is 512. The lowest BCUT2D eigenvalue weighted by Crippen LogP contribution is -2.54. The van der Waals surface area contributed by atoms with Crippen LogP contribution in [-0.4, -0.2) is 39.5 Å². The van der Waals surface area contributed by atoms with Crippen LogP contribution in [0.4, 0.5) is 4.79 Å². The van der Waals surface area contributed by atoms with Crippen molar-refractivity contribution in [2.75, 3.05) is 13.1 Å². The van der Waals surface area contributed by atoms with Gasteiger partial charge in [0.15, 0.2) is 5.82 Å². The summed E-state index contributed by atoms with van der Waals surface area (Å²) in [5.74, 6) is 1.61. The zero-order valence-electron chi connectivity index (χ0n) is 13.5. The Labute approximate surface area is 125 Å². The van der Waals surface area contributed by atoms with Crippen molar-refractivity contribution in [2.45, 2.75) is 51.7 Å². The van der Waals surface area contributed by atoms with Crippen molar-refractivity contribution >= 4 is 6.09 Å². The van der Waals surface area contributed by atoms with E-state index in [1.807, 2.05) is 39.3 Å². The highest BCUT2D eigenvalue weighted by atomic mass is 16.6. The number of nitrogens with zero attached hydrogens (tertiary/aromatic N) is 3. The zero-order chi connectivity index (χ0) is 15.7. The van der Waals surface area contributed by atoms with Crippen LogP contribution in [0.5, 0.6) is 0 Å². The summed E-state index contributed by atoms with van der Waals surface area (Å²) in [5.41, 5.74) is -1.04. The molecule has 7 heteroatoms. The third-order valence-corrected chi connectivity index (χ3v) is 3.72. The number of amides is 1. The third kappa shape index (κ3) is 3.53. The number of carbonyl (C=O) groups excluding carboxylic acids is 1. The van der Waals surface area contributed by atoms with Crippen molar-refractivity contribution in [1.82, 2.24) is 25.4 Å². The first kappa shape index (κ1) is 15.8. The van der Waals surface area contributed by atoms with Gasteiger partial charge in [-0.1, -0.05) is 0 Å². The fraction of sp³-hybridized carbons (Fsp3) is 0.786. The third-order valence-electron chi connectivity index (χ3n) is 3.72. The molecule has 0 bridgehead atoms. The molecular weight excluding hydrogens is 270 g/mol. The minimum atomic E-state index is -0.524. The predicted molar refractivity (Wildman–Crippen MR) is 78.9 cm³/mol. The first-order chi connectivity index (χ1) is 9.73. The SMILES string of the molecule is Cc1nnc(C2(NC(=O)OC(C)(C)C)CCNCC2)n1C. The van der Waals surface area contributed by atoms with Crippen molar-refractivity contribution < 1.29 is 9.53 Å². The van der Waals surface area contributed by atoms with Gasteiger partial charge in [-0.05, 0) is 53.6 Å².